The summed E-state index contributed by atoms with van der Waals surface area (Å²) in [6.07, 6.45) is 9.15. The third kappa shape index (κ3) is 8.64. The standard InChI is InChI=1S/C33H38F2N8O.HNO2/c1-2-27(19-23-10-15-42(16-11-23)32(44)29-8-3-25(34)20-30(29)35)43-22-24(21-38-43)31-9-12-37-33(40-31)39-26-4-6-28(7-5-26)41-17-13-36-14-18-41;2-1-3/h3-9,12,20-23,27,36H,2,10-11,13-19H2,1H3,(H,37,39,40);(H,2,3). The molecule has 0 bridgehead atoms. The lowest BCUT2D eigenvalue weighted by Gasteiger charge is -2.33. The fourth-order valence-corrected chi connectivity index (χ4v) is 6.11. The lowest BCUT2D eigenvalue weighted by Crippen LogP contribution is -2.43. The van der Waals surface area contributed by atoms with Gasteiger partial charge in [0, 0.05) is 74.7 Å². The Hall–Kier alpha value is -4.98. The second kappa shape index (κ2) is 16.0. The maximum absolute atomic E-state index is 14.1. The molecule has 2 aliphatic heterocycles. The molecule has 1 amide bonds. The minimum Gasteiger partial charge on any atom is -0.379 e. The van der Waals surface area contributed by atoms with Crippen molar-refractivity contribution < 1.29 is 18.8 Å². The second-order valence-electron chi connectivity index (χ2n) is 11.6. The van der Waals surface area contributed by atoms with Gasteiger partial charge in [-0.05, 0) is 74.1 Å². The van der Waals surface area contributed by atoms with Crippen molar-refractivity contribution in [2.45, 2.75) is 38.6 Å². The number of rotatable bonds is 9. The number of carbonyl (C=O) groups is 1. The summed E-state index contributed by atoms with van der Waals surface area (Å²) in [5.74, 6) is -0.935. The van der Waals surface area contributed by atoms with Gasteiger partial charge in [-0.2, -0.15) is 5.10 Å². The van der Waals surface area contributed by atoms with Gasteiger partial charge in [0.1, 0.15) is 11.6 Å². The van der Waals surface area contributed by atoms with Crippen molar-refractivity contribution in [2.24, 2.45) is 11.3 Å². The molecule has 12 nitrogen and oxygen atoms in total. The molecule has 2 aliphatic rings. The van der Waals surface area contributed by atoms with Crippen molar-refractivity contribution in [2.75, 3.05) is 49.5 Å². The van der Waals surface area contributed by atoms with E-state index in [-0.39, 0.29) is 17.5 Å². The number of piperidine rings is 1. The molecule has 4 heterocycles. The Bertz CT molecular complexity index is 1620. The molecule has 248 valence electrons. The molecule has 6 rings (SSSR count). The van der Waals surface area contributed by atoms with E-state index in [0.29, 0.717) is 25.0 Å². The van der Waals surface area contributed by atoms with Crippen LogP contribution in [0.4, 0.5) is 26.1 Å². The largest absolute Gasteiger partial charge is 0.379 e. The highest BCUT2D eigenvalue weighted by molar-refractivity contribution is 5.94. The Morgan fingerprint density at radius 1 is 1.09 bits per heavy atom. The summed E-state index contributed by atoms with van der Waals surface area (Å²) in [5, 5.41) is 19.3. The predicted molar refractivity (Wildman–Crippen MR) is 175 cm³/mol. The first kappa shape index (κ1) is 33.4. The van der Waals surface area contributed by atoms with Gasteiger partial charge in [-0.3, -0.25) is 9.48 Å². The van der Waals surface area contributed by atoms with Crippen LogP contribution in [-0.2, 0) is 0 Å². The molecule has 3 N–H and O–H groups in total. The number of nitrogens with one attached hydrogen (secondary N) is 2. The van der Waals surface area contributed by atoms with Gasteiger partial charge in [-0.1, -0.05) is 6.92 Å². The predicted octanol–water partition coefficient (Wildman–Crippen LogP) is 5.81. The van der Waals surface area contributed by atoms with Crippen LogP contribution in [-0.4, -0.2) is 75.0 Å². The molecule has 47 heavy (non-hydrogen) atoms. The zero-order chi connectivity index (χ0) is 33.2. The van der Waals surface area contributed by atoms with E-state index < -0.39 is 11.6 Å². The summed E-state index contributed by atoms with van der Waals surface area (Å²) in [6.45, 7) is 7.27. The Labute approximate surface area is 271 Å². The van der Waals surface area contributed by atoms with E-state index in [4.69, 9.17) is 15.1 Å². The fourth-order valence-electron chi connectivity index (χ4n) is 6.11. The van der Waals surface area contributed by atoms with Crippen molar-refractivity contribution in [3.63, 3.8) is 0 Å². The number of halogens is 2. The van der Waals surface area contributed by atoms with Gasteiger partial charge in [0.05, 0.1) is 23.5 Å². The van der Waals surface area contributed by atoms with Gasteiger partial charge < -0.3 is 25.6 Å². The highest BCUT2D eigenvalue weighted by Crippen LogP contribution is 2.30. The van der Waals surface area contributed by atoms with E-state index in [0.717, 1.165) is 80.9 Å². The number of piperazine rings is 1. The van der Waals surface area contributed by atoms with Gasteiger partial charge in [0.25, 0.3) is 5.91 Å². The van der Waals surface area contributed by atoms with Crippen LogP contribution in [0.2, 0.25) is 0 Å². The summed E-state index contributed by atoms with van der Waals surface area (Å²) >= 11 is 0. The van der Waals surface area contributed by atoms with E-state index in [9.17, 15) is 13.6 Å². The Morgan fingerprint density at radius 3 is 2.49 bits per heavy atom. The lowest BCUT2D eigenvalue weighted by molar-refractivity contribution is 0.0673. The molecule has 4 aromatic rings. The highest BCUT2D eigenvalue weighted by Gasteiger charge is 2.27. The van der Waals surface area contributed by atoms with Gasteiger partial charge in [-0.15, -0.1) is 4.91 Å². The van der Waals surface area contributed by atoms with Crippen LogP contribution in [0.15, 0.2) is 72.5 Å². The number of hydrogen-bond donors (Lipinski definition) is 3. The van der Waals surface area contributed by atoms with Gasteiger partial charge >= 0.3 is 0 Å². The topological polar surface area (TPSA) is 141 Å². The summed E-state index contributed by atoms with van der Waals surface area (Å²) < 4.78 is 29.4. The Morgan fingerprint density at radius 2 is 1.81 bits per heavy atom. The monoisotopic (exact) mass is 647 g/mol. The second-order valence-corrected chi connectivity index (χ2v) is 11.6. The zero-order valence-corrected chi connectivity index (χ0v) is 26.2. The highest BCUT2D eigenvalue weighted by atomic mass is 19.1. The van der Waals surface area contributed by atoms with Gasteiger partial charge in [-0.25, -0.2) is 18.7 Å². The third-order valence-corrected chi connectivity index (χ3v) is 8.67. The minimum atomic E-state index is -0.816. The lowest BCUT2D eigenvalue weighted by atomic mass is 9.89. The average Bonchev–Trinajstić information content (AvgIpc) is 3.59. The number of nitrogens with zero attached hydrogens (tertiary/aromatic N) is 7. The average molecular weight is 648 g/mol. The summed E-state index contributed by atoms with van der Waals surface area (Å²) in [6, 6.07) is 13.6. The van der Waals surface area contributed by atoms with E-state index in [1.165, 1.54) is 17.1 Å². The molecule has 0 aliphatic carbocycles. The van der Waals surface area contributed by atoms with E-state index in [1.54, 1.807) is 11.1 Å². The van der Waals surface area contributed by atoms with Crippen molar-refractivity contribution in [1.82, 2.24) is 30.0 Å². The number of aromatic nitrogens is 4. The molecule has 2 aromatic carbocycles. The summed E-state index contributed by atoms with van der Waals surface area (Å²) in [5.41, 5.74) is 3.78. The molecule has 0 radical (unpaired) electrons. The number of carbonyl (C=O) groups excluding carboxylic acids is 1. The molecule has 0 spiro atoms. The number of likely N-dealkylation sites (tertiary alicyclic amines) is 1. The molecule has 14 heteroatoms. The third-order valence-electron chi connectivity index (χ3n) is 8.67. The number of benzene rings is 2. The van der Waals surface area contributed by atoms with Crippen LogP contribution >= 0.6 is 0 Å². The van der Waals surface area contributed by atoms with Gasteiger partial charge in [0.15, 0.2) is 5.34 Å². The van der Waals surface area contributed by atoms with Crippen LogP contribution in [0.5, 0.6) is 0 Å². The van der Waals surface area contributed by atoms with Crippen LogP contribution in [0.3, 0.4) is 0 Å². The van der Waals surface area contributed by atoms with Crippen LogP contribution < -0.4 is 15.5 Å². The molecule has 1 unspecified atom stereocenters. The van der Waals surface area contributed by atoms with E-state index in [1.807, 2.05) is 23.1 Å². The summed E-state index contributed by atoms with van der Waals surface area (Å²) in [7, 11) is 0. The molecule has 2 aromatic heterocycles. The maximum atomic E-state index is 14.1. The molecular formula is C33H39F2N9O3. The molecule has 1 atom stereocenters. The summed E-state index contributed by atoms with van der Waals surface area (Å²) in [4.78, 5) is 34.1. The Kier molecular flexibility index (Phi) is 11.4. The molecule has 0 saturated carbocycles. The fraction of sp³-hybridized carbons (Fsp3) is 0.394. The molecule has 2 fully saturated rings. The van der Waals surface area contributed by atoms with Crippen LogP contribution in [0, 0.1) is 22.5 Å². The van der Waals surface area contributed by atoms with Crippen molar-refractivity contribution in [3.8, 4) is 11.3 Å². The first-order chi connectivity index (χ1) is 22.9. The quantitative estimate of drug-likeness (QED) is 0.152. The van der Waals surface area contributed by atoms with Crippen molar-refractivity contribution in [3.05, 3.63) is 89.2 Å². The number of hydrogen-bond acceptors (Lipinski definition) is 9. The molecular weight excluding hydrogens is 608 g/mol. The first-order valence-corrected chi connectivity index (χ1v) is 15.8. The van der Waals surface area contributed by atoms with E-state index >= 15 is 0 Å². The van der Waals surface area contributed by atoms with Gasteiger partial charge in [0.2, 0.25) is 5.95 Å². The maximum Gasteiger partial charge on any atom is 0.256 e. The molecule has 2 saturated heterocycles. The SMILES string of the molecule is CCC(CC1CCN(C(=O)c2ccc(F)cc2F)CC1)n1cc(-c2ccnc(Nc3ccc(N4CCNCC4)cc3)n2)cn1.O=NO. The Balaban J connectivity index is 0.00000139. The van der Waals surface area contributed by atoms with Crippen molar-refractivity contribution in [1.29, 1.82) is 0 Å². The number of anilines is 3. The minimum absolute atomic E-state index is 0.0767. The van der Waals surface area contributed by atoms with Crippen LogP contribution in [0.1, 0.15) is 49.0 Å². The zero-order valence-electron chi connectivity index (χ0n) is 26.2. The number of amides is 1. The van der Waals surface area contributed by atoms with Crippen LogP contribution in [0.25, 0.3) is 11.3 Å². The first-order valence-electron chi connectivity index (χ1n) is 15.8. The normalized spacial score (nSPS) is 15.8. The van der Waals surface area contributed by atoms with Crippen molar-refractivity contribution >= 4 is 23.2 Å². The smallest absolute Gasteiger partial charge is 0.256 e. The van der Waals surface area contributed by atoms with E-state index in [2.05, 4.69) is 56.8 Å².